The third-order valence-electron chi connectivity index (χ3n) is 7.90. The molecule has 0 bridgehead atoms. The van der Waals surface area contributed by atoms with Gasteiger partial charge in [0.1, 0.15) is 6.33 Å². The van der Waals surface area contributed by atoms with Crippen LogP contribution >= 0.6 is 0 Å². The molecule has 40 heavy (non-hydrogen) atoms. The third-order valence-corrected chi connectivity index (χ3v) is 7.90. The summed E-state index contributed by atoms with van der Waals surface area (Å²) < 4.78 is 54.6. The molecule has 2 heterocycles. The van der Waals surface area contributed by atoms with E-state index in [1.165, 1.54) is 18.5 Å². The number of hydrogen-bond acceptors (Lipinski definition) is 7. The van der Waals surface area contributed by atoms with Gasteiger partial charge in [0.15, 0.2) is 11.6 Å². The van der Waals surface area contributed by atoms with Crippen LogP contribution in [0.1, 0.15) is 36.0 Å². The van der Waals surface area contributed by atoms with Crippen LogP contribution in [0.2, 0.25) is 0 Å². The zero-order valence-electron chi connectivity index (χ0n) is 22.0. The van der Waals surface area contributed by atoms with E-state index in [0.29, 0.717) is 31.6 Å². The monoisotopic (exact) mass is 559 g/mol. The summed E-state index contributed by atoms with van der Waals surface area (Å²) in [6.45, 7) is 1.76. The number of anilines is 2. The number of halogens is 4. The van der Waals surface area contributed by atoms with Crippen LogP contribution in [0.25, 0.3) is 0 Å². The van der Waals surface area contributed by atoms with E-state index in [-0.39, 0.29) is 37.4 Å². The molecule has 2 aliphatic rings. The standard InChI is InChI=1S/C29H33F4N5O2/c30-25-26(34-17-28(18-39)12-13-37(16-24(28)40)14-20-4-2-1-3-5-20)35-19-36-27(25)38(23-10-11-23)15-21-6-8-22(9-7-21)29(31,32)33/h1-9,19,23-24,39-40H,10-18H2,(H,34,35,36). The van der Waals surface area contributed by atoms with Gasteiger partial charge >= 0.3 is 6.18 Å². The quantitative estimate of drug-likeness (QED) is 0.317. The van der Waals surface area contributed by atoms with Crippen molar-refractivity contribution in [1.82, 2.24) is 14.9 Å². The Morgan fingerprint density at radius 3 is 2.38 bits per heavy atom. The molecule has 214 valence electrons. The highest BCUT2D eigenvalue weighted by molar-refractivity contribution is 5.53. The molecule has 5 rings (SSSR count). The molecule has 0 radical (unpaired) electrons. The fourth-order valence-corrected chi connectivity index (χ4v) is 5.21. The van der Waals surface area contributed by atoms with Crippen LogP contribution in [-0.2, 0) is 19.3 Å². The zero-order valence-corrected chi connectivity index (χ0v) is 22.0. The fraction of sp³-hybridized carbons (Fsp3) is 0.448. The number of benzene rings is 2. The summed E-state index contributed by atoms with van der Waals surface area (Å²) in [5.41, 5.74) is 0.134. The highest BCUT2D eigenvalue weighted by Crippen LogP contribution is 2.37. The average Bonchev–Trinajstić information content (AvgIpc) is 3.78. The van der Waals surface area contributed by atoms with Crippen LogP contribution in [0, 0.1) is 11.2 Å². The van der Waals surface area contributed by atoms with Crippen LogP contribution in [0.3, 0.4) is 0 Å². The molecule has 2 unspecified atom stereocenters. The second-order valence-electron chi connectivity index (χ2n) is 10.8. The van der Waals surface area contributed by atoms with Crippen LogP contribution in [-0.4, -0.2) is 63.5 Å². The summed E-state index contributed by atoms with van der Waals surface area (Å²) in [6.07, 6.45) is -1.86. The smallest absolute Gasteiger partial charge is 0.396 e. The normalized spacial score (nSPS) is 21.8. The molecule has 3 N–H and O–H groups in total. The number of aliphatic hydroxyl groups excluding tert-OH is 2. The van der Waals surface area contributed by atoms with Gasteiger partial charge in [0.05, 0.1) is 18.3 Å². The van der Waals surface area contributed by atoms with Crippen molar-refractivity contribution in [2.45, 2.75) is 50.7 Å². The Kier molecular flexibility index (Phi) is 8.25. The minimum atomic E-state index is -4.42. The van der Waals surface area contributed by atoms with E-state index >= 15 is 4.39 Å². The number of β-amino-alcohol motifs (C(OH)–C–C–N with tert-alkyl or cyclic N) is 1. The molecular weight excluding hydrogens is 526 g/mol. The second-order valence-corrected chi connectivity index (χ2v) is 10.8. The van der Waals surface area contributed by atoms with Gasteiger partial charge in [0, 0.05) is 37.6 Å². The molecule has 2 atom stereocenters. The molecule has 0 spiro atoms. The van der Waals surface area contributed by atoms with E-state index in [9.17, 15) is 23.4 Å². The SMILES string of the molecule is OCC1(CNc2ncnc(N(Cc3ccc(C(F)(F)F)cc3)C3CC3)c2F)CCN(Cc2ccccc2)CC1O. The summed E-state index contributed by atoms with van der Waals surface area (Å²) in [4.78, 5) is 12.1. The summed E-state index contributed by atoms with van der Waals surface area (Å²) >= 11 is 0. The average molecular weight is 560 g/mol. The van der Waals surface area contributed by atoms with Crippen molar-refractivity contribution in [3.05, 3.63) is 83.4 Å². The van der Waals surface area contributed by atoms with Crippen molar-refractivity contribution >= 4 is 11.6 Å². The maximum absolute atomic E-state index is 15.7. The summed E-state index contributed by atoms with van der Waals surface area (Å²) in [5, 5.41) is 24.3. The van der Waals surface area contributed by atoms with E-state index in [2.05, 4.69) is 20.2 Å². The summed E-state index contributed by atoms with van der Waals surface area (Å²) in [7, 11) is 0. The van der Waals surface area contributed by atoms with Crippen molar-refractivity contribution in [3.8, 4) is 0 Å². The first-order valence-corrected chi connectivity index (χ1v) is 13.4. The minimum Gasteiger partial charge on any atom is -0.396 e. The van der Waals surface area contributed by atoms with Gasteiger partial charge in [-0.25, -0.2) is 9.97 Å². The lowest BCUT2D eigenvalue weighted by molar-refractivity contribution is -0.137. The maximum Gasteiger partial charge on any atom is 0.416 e. The highest BCUT2D eigenvalue weighted by Gasteiger charge is 2.42. The molecule has 1 aliphatic carbocycles. The number of alkyl halides is 3. The first-order chi connectivity index (χ1) is 19.2. The van der Waals surface area contributed by atoms with Gasteiger partial charge in [0.25, 0.3) is 0 Å². The first-order valence-electron chi connectivity index (χ1n) is 13.4. The molecule has 3 aromatic rings. The molecule has 2 fully saturated rings. The number of aromatic nitrogens is 2. The maximum atomic E-state index is 15.7. The number of likely N-dealkylation sites (tertiary alicyclic amines) is 1. The van der Waals surface area contributed by atoms with Gasteiger partial charge in [-0.05, 0) is 49.1 Å². The molecule has 0 amide bonds. The van der Waals surface area contributed by atoms with E-state index in [0.717, 1.165) is 30.5 Å². The Labute approximate surface area is 230 Å². The van der Waals surface area contributed by atoms with Gasteiger partial charge in [0.2, 0.25) is 5.82 Å². The molecule has 2 aromatic carbocycles. The van der Waals surface area contributed by atoms with E-state index < -0.39 is 29.1 Å². The Balaban J connectivity index is 1.26. The zero-order chi connectivity index (χ0) is 28.3. The predicted molar refractivity (Wildman–Crippen MR) is 143 cm³/mol. The third kappa shape index (κ3) is 6.37. The molecule has 7 nitrogen and oxygen atoms in total. The highest BCUT2D eigenvalue weighted by atomic mass is 19.4. The summed E-state index contributed by atoms with van der Waals surface area (Å²) in [6, 6.07) is 14.8. The van der Waals surface area contributed by atoms with Crippen molar-refractivity contribution in [1.29, 1.82) is 0 Å². The number of hydrogen-bond donors (Lipinski definition) is 3. The van der Waals surface area contributed by atoms with Gasteiger partial charge < -0.3 is 20.4 Å². The Morgan fingerprint density at radius 2 is 1.75 bits per heavy atom. The van der Waals surface area contributed by atoms with Gasteiger partial charge in [-0.2, -0.15) is 17.6 Å². The molecule has 1 saturated carbocycles. The van der Waals surface area contributed by atoms with Crippen LogP contribution in [0.15, 0.2) is 60.9 Å². The van der Waals surface area contributed by atoms with Crippen LogP contribution < -0.4 is 10.2 Å². The van der Waals surface area contributed by atoms with Crippen molar-refractivity contribution < 1.29 is 27.8 Å². The fourth-order valence-electron chi connectivity index (χ4n) is 5.21. The first kappa shape index (κ1) is 28.3. The van der Waals surface area contributed by atoms with E-state index in [1.807, 2.05) is 30.3 Å². The van der Waals surface area contributed by atoms with Crippen molar-refractivity contribution in [2.75, 3.05) is 36.5 Å². The molecule has 1 saturated heterocycles. The van der Waals surface area contributed by atoms with Gasteiger partial charge in [-0.15, -0.1) is 0 Å². The predicted octanol–water partition coefficient (Wildman–Crippen LogP) is 4.46. The van der Waals surface area contributed by atoms with Crippen molar-refractivity contribution in [3.63, 3.8) is 0 Å². The number of nitrogens with one attached hydrogen (secondary N) is 1. The minimum absolute atomic E-state index is 0.0269. The Bertz CT molecular complexity index is 1270. The number of aliphatic hydroxyl groups is 2. The lowest BCUT2D eigenvalue weighted by atomic mass is 9.76. The number of rotatable bonds is 10. The number of piperidine rings is 1. The largest absolute Gasteiger partial charge is 0.416 e. The summed E-state index contributed by atoms with van der Waals surface area (Å²) in [5.74, 6) is -0.656. The molecular formula is C29H33F4N5O2. The van der Waals surface area contributed by atoms with Gasteiger partial charge in [-0.1, -0.05) is 42.5 Å². The Morgan fingerprint density at radius 1 is 1.02 bits per heavy atom. The molecule has 1 aromatic heterocycles. The van der Waals surface area contributed by atoms with Gasteiger partial charge in [-0.3, -0.25) is 4.90 Å². The molecule has 1 aliphatic heterocycles. The van der Waals surface area contributed by atoms with Crippen LogP contribution in [0.5, 0.6) is 0 Å². The lowest BCUT2D eigenvalue weighted by Gasteiger charge is -2.44. The lowest BCUT2D eigenvalue weighted by Crippen LogP contribution is -2.55. The second kappa shape index (κ2) is 11.7. The van der Waals surface area contributed by atoms with E-state index in [1.54, 1.807) is 4.90 Å². The van der Waals surface area contributed by atoms with E-state index in [4.69, 9.17) is 0 Å². The molecule has 11 heteroatoms. The topological polar surface area (TPSA) is 84.8 Å². The van der Waals surface area contributed by atoms with Crippen LogP contribution in [0.4, 0.5) is 29.2 Å². The van der Waals surface area contributed by atoms with Crippen molar-refractivity contribution in [2.24, 2.45) is 5.41 Å². The number of nitrogens with zero attached hydrogens (tertiary/aromatic N) is 4. The Hall–Kier alpha value is -3.28.